The fourth-order valence-corrected chi connectivity index (χ4v) is 3.32. The van der Waals surface area contributed by atoms with Crippen molar-refractivity contribution in [1.29, 1.82) is 0 Å². The number of carbonyl (C=O) groups excluding carboxylic acids is 1. The van der Waals surface area contributed by atoms with Crippen LogP contribution in [0.5, 0.6) is 0 Å². The van der Waals surface area contributed by atoms with Gasteiger partial charge in [0.05, 0.1) is 11.2 Å². The first-order valence-corrected chi connectivity index (χ1v) is 6.73. The molecule has 0 aromatic carbocycles. The van der Waals surface area contributed by atoms with Gasteiger partial charge in [0.15, 0.2) is 0 Å². The molecule has 0 aliphatic carbocycles. The minimum absolute atomic E-state index is 0.212. The van der Waals surface area contributed by atoms with Crippen molar-refractivity contribution >= 4 is 11.4 Å². The number of carbonyl (C=O) groups is 1. The minimum atomic E-state index is 0.212. The van der Waals surface area contributed by atoms with Gasteiger partial charge in [0.25, 0.3) is 0 Å². The Labute approximate surface area is 111 Å². The maximum absolute atomic E-state index is 11.3. The van der Waals surface area contributed by atoms with Crippen molar-refractivity contribution in [1.82, 2.24) is 19.8 Å². The first-order valence-electron chi connectivity index (χ1n) is 6.73. The fourth-order valence-electron chi connectivity index (χ4n) is 3.32. The van der Waals surface area contributed by atoms with E-state index < -0.39 is 0 Å². The van der Waals surface area contributed by atoms with Gasteiger partial charge in [-0.2, -0.15) is 5.10 Å². The van der Waals surface area contributed by atoms with Crippen LogP contribution < -0.4 is 5.32 Å². The van der Waals surface area contributed by atoms with Crippen LogP contribution in [0.15, 0.2) is 30.5 Å². The summed E-state index contributed by atoms with van der Waals surface area (Å²) < 4.78 is 1.99. The van der Waals surface area contributed by atoms with E-state index in [1.54, 1.807) is 0 Å². The van der Waals surface area contributed by atoms with Gasteiger partial charge in [-0.3, -0.25) is 9.69 Å². The van der Waals surface area contributed by atoms with Crippen LogP contribution in [0.3, 0.4) is 0 Å². The Morgan fingerprint density at radius 2 is 2.26 bits per heavy atom. The number of hydrogen-bond acceptors (Lipinski definition) is 3. The van der Waals surface area contributed by atoms with E-state index in [2.05, 4.69) is 33.5 Å². The zero-order valence-electron chi connectivity index (χ0n) is 10.6. The van der Waals surface area contributed by atoms with Gasteiger partial charge in [-0.05, 0) is 18.2 Å². The molecule has 2 aromatic heterocycles. The number of fused-ring (bicyclic) bond motifs is 2. The van der Waals surface area contributed by atoms with Crippen molar-refractivity contribution in [3.8, 4) is 0 Å². The first-order chi connectivity index (χ1) is 9.29. The van der Waals surface area contributed by atoms with Gasteiger partial charge in [-0.1, -0.05) is 6.07 Å². The molecule has 0 bridgehead atoms. The normalized spacial score (nSPS) is 26.8. The number of rotatable bonds is 2. The number of nitrogens with zero attached hydrogens (tertiary/aromatic N) is 3. The van der Waals surface area contributed by atoms with Gasteiger partial charge in [0, 0.05) is 44.2 Å². The summed E-state index contributed by atoms with van der Waals surface area (Å²) in [5.41, 5.74) is 2.33. The molecule has 2 aliphatic rings. The lowest BCUT2D eigenvalue weighted by Gasteiger charge is -2.17. The van der Waals surface area contributed by atoms with Crippen molar-refractivity contribution in [3.05, 3.63) is 36.2 Å². The van der Waals surface area contributed by atoms with E-state index in [0.29, 0.717) is 18.4 Å². The van der Waals surface area contributed by atoms with E-state index in [-0.39, 0.29) is 5.91 Å². The number of likely N-dealkylation sites (tertiary alicyclic amines) is 1. The van der Waals surface area contributed by atoms with Crippen LogP contribution in [0.4, 0.5) is 0 Å². The molecule has 5 heteroatoms. The highest BCUT2D eigenvalue weighted by molar-refractivity contribution is 5.79. The Morgan fingerprint density at radius 1 is 1.32 bits per heavy atom. The van der Waals surface area contributed by atoms with E-state index in [1.165, 1.54) is 5.69 Å². The molecule has 1 amide bonds. The van der Waals surface area contributed by atoms with Crippen molar-refractivity contribution < 1.29 is 4.79 Å². The third kappa shape index (κ3) is 1.81. The SMILES string of the molecule is O=C1C[C@H]2CN(Cc3cccc4ccnn34)C[C@H]2N1. The number of hydrogen-bond donors (Lipinski definition) is 1. The highest BCUT2D eigenvalue weighted by Crippen LogP contribution is 2.26. The number of pyridine rings is 1. The molecule has 0 spiro atoms. The maximum atomic E-state index is 11.3. The average molecular weight is 256 g/mol. The monoisotopic (exact) mass is 256 g/mol. The molecule has 5 nitrogen and oxygen atoms in total. The zero-order chi connectivity index (χ0) is 12.8. The van der Waals surface area contributed by atoms with E-state index in [4.69, 9.17) is 0 Å². The highest BCUT2D eigenvalue weighted by atomic mass is 16.2. The van der Waals surface area contributed by atoms with Gasteiger partial charge in [-0.25, -0.2) is 4.52 Å². The van der Waals surface area contributed by atoms with Gasteiger partial charge >= 0.3 is 0 Å². The lowest BCUT2D eigenvalue weighted by Crippen LogP contribution is -2.32. The van der Waals surface area contributed by atoms with Crippen LogP contribution in [-0.4, -0.2) is 39.6 Å². The summed E-state index contributed by atoms with van der Waals surface area (Å²) in [6, 6.07) is 8.62. The molecule has 2 aliphatic heterocycles. The molecule has 0 unspecified atom stereocenters. The predicted octanol–water partition coefficient (Wildman–Crippen LogP) is 0.655. The maximum Gasteiger partial charge on any atom is 0.220 e. The van der Waals surface area contributed by atoms with Crippen molar-refractivity contribution in [2.24, 2.45) is 5.92 Å². The molecular weight excluding hydrogens is 240 g/mol. The molecule has 98 valence electrons. The van der Waals surface area contributed by atoms with Crippen molar-refractivity contribution in [2.45, 2.75) is 19.0 Å². The third-order valence-corrected chi connectivity index (χ3v) is 4.20. The van der Waals surface area contributed by atoms with E-state index in [1.807, 2.05) is 16.8 Å². The van der Waals surface area contributed by atoms with Crippen LogP contribution in [0.2, 0.25) is 0 Å². The van der Waals surface area contributed by atoms with Crippen molar-refractivity contribution in [2.75, 3.05) is 13.1 Å². The van der Waals surface area contributed by atoms with E-state index in [0.717, 1.165) is 25.2 Å². The van der Waals surface area contributed by atoms with Crippen LogP contribution in [0.25, 0.3) is 5.52 Å². The lowest BCUT2D eigenvalue weighted by molar-refractivity contribution is -0.119. The van der Waals surface area contributed by atoms with Gasteiger partial charge in [0.1, 0.15) is 0 Å². The van der Waals surface area contributed by atoms with Crippen LogP contribution in [-0.2, 0) is 11.3 Å². The molecule has 2 saturated heterocycles. The topological polar surface area (TPSA) is 49.6 Å². The van der Waals surface area contributed by atoms with Gasteiger partial charge in [-0.15, -0.1) is 0 Å². The Balaban J connectivity index is 1.54. The summed E-state index contributed by atoms with van der Waals surface area (Å²) in [5, 5.41) is 7.43. The number of aromatic nitrogens is 2. The summed E-state index contributed by atoms with van der Waals surface area (Å²) in [6.07, 6.45) is 2.52. The molecule has 19 heavy (non-hydrogen) atoms. The molecule has 1 N–H and O–H groups in total. The number of amides is 1. The summed E-state index contributed by atoms with van der Waals surface area (Å²) in [6.45, 7) is 2.84. The average Bonchev–Trinajstić information content (AvgIpc) is 3.03. The Kier molecular flexibility index (Phi) is 2.35. The largest absolute Gasteiger partial charge is 0.352 e. The third-order valence-electron chi connectivity index (χ3n) is 4.20. The molecule has 0 radical (unpaired) electrons. The van der Waals surface area contributed by atoms with Crippen molar-refractivity contribution in [3.63, 3.8) is 0 Å². The van der Waals surface area contributed by atoms with Crippen LogP contribution in [0, 0.1) is 5.92 Å². The van der Waals surface area contributed by atoms with Crippen LogP contribution >= 0.6 is 0 Å². The summed E-state index contributed by atoms with van der Waals surface area (Å²) in [4.78, 5) is 13.7. The second kappa shape index (κ2) is 4.06. The van der Waals surface area contributed by atoms with E-state index >= 15 is 0 Å². The summed E-state index contributed by atoms with van der Waals surface area (Å²) >= 11 is 0. The van der Waals surface area contributed by atoms with Gasteiger partial charge < -0.3 is 5.32 Å². The molecular formula is C14H16N4O. The smallest absolute Gasteiger partial charge is 0.220 e. The second-order valence-corrected chi connectivity index (χ2v) is 5.52. The zero-order valence-corrected chi connectivity index (χ0v) is 10.6. The molecule has 0 saturated carbocycles. The Bertz CT molecular complexity index is 619. The summed E-state index contributed by atoms with van der Waals surface area (Å²) in [7, 11) is 0. The first kappa shape index (κ1) is 11.0. The Morgan fingerprint density at radius 3 is 3.16 bits per heavy atom. The molecule has 2 aromatic rings. The Hall–Kier alpha value is -1.88. The second-order valence-electron chi connectivity index (χ2n) is 5.52. The predicted molar refractivity (Wildman–Crippen MR) is 70.5 cm³/mol. The molecule has 4 rings (SSSR count). The fraction of sp³-hybridized carbons (Fsp3) is 0.429. The molecule has 4 heterocycles. The molecule has 2 atom stereocenters. The van der Waals surface area contributed by atoms with Gasteiger partial charge in [0.2, 0.25) is 5.91 Å². The van der Waals surface area contributed by atoms with Crippen LogP contribution in [0.1, 0.15) is 12.1 Å². The highest BCUT2D eigenvalue weighted by Gasteiger charge is 2.39. The number of nitrogens with one attached hydrogen (secondary N) is 1. The standard InChI is InChI=1S/C14H16N4O/c19-14-6-10-7-17(9-13(10)16-14)8-12-3-1-2-11-4-5-15-18(11)12/h1-5,10,13H,6-9H2,(H,16,19)/t10-,13+/m0/s1. The lowest BCUT2D eigenvalue weighted by atomic mass is 10.1. The summed E-state index contributed by atoms with van der Waals surface area (Å²) in [5.74, 6) is 0.702. The minimum Gasteiger partial charge on any atom is -0.352 e. The van der Waals surface area contributed by atoms with E-state index in [9.17, 15) is 4.79 Å². The quantitative estimate of drug-likeness (QED) is 0.858. The molecule has 2 fully saturated rings.